The van der Waals surface area contributed by atoms with Crippen molar-refractivity contribution in [2.75, 3.05) is 26.3 Å². The van der Waals surface area contributed by atoms with Crippen LogP contribution in [0, 0.1) is 0 Å². The molecule has 2 aromatic rings. The second-order valence-corrected chi connectivity index (χ2v) is 13.8. The molecule has 0 radical (unpaired) electrons. The first-order valence-electron chi connectivity index (χ1n) is 13.7. The molecule has 1 aliphatic heterocycles. The molecule has 0 spiro atoms. The van der Waals surface area contributed by atoms with Gasteiger partial charge in [0, 0.05) is 32.3 Å². The Labute approximate surface area is 228 Å². The number of sulfonamides is 2. The molecule has 10 heteroatoms. The summed E-state index contributed by atoms with van der Waals surface area (Å²) in [4.78, 5) is 0.196. The van der Waals surface area contributed by atoms with Crippen LogP contribution in [0.2, 0.25) is 0 Å². The van der Waals surface area contributed by atoms with Crippen LogP contribution in [-0.2, 0) is 31.3 Å². The van der Waals surface area contributed by atoms with E-state index in [0.717, 1.165) is 56.3 Å². The maximum absolute atomic E-state index is 13.8. The summed E-state index contributed by atoms with van der Waals surface area (Å²) < 4.78 is 68.7. The van der Waals surface area contributed by atoms with Crippen LogP contribution in [0.15, 0.2) is 58.3 Å². The number of ether oxygens (including phenoxy) is 2. The molecular formula is C28H40N2O6S2. The van der Waals surface area contributed by atoms with Gasteiger partial charge in [-0.1, -0.05) is 38.3 Å². The maximum Gasteiger partial charge on any atom is 0.243 e. The Kier molecular flexibility index (Phi) is 9.86. The van der Waals surface area contributed by atoms with Crippen molar-refractivity contribution in [3.05, 3.63) is 54.1 Å². The zero-order valence-electron chi connectivity index (χ0n) is 22.4. The molecule has 0 N–H and O–H groups in total. The van der Waals surface area contributed by atoms with Crippen LogP contribution >= 0.6 is 0 Å². The maximum atomic E-state index is 13.8. The summed E-state index contributed by atoms with van der Waals surface area (Å²) in [5.41, 5.74) is 0.834. The summed E-state index contributed by atoms with van der Waals surface area (Å²) in [6.45, 7) is 5.76. The van der Waals surface area contributed by atoms with Crippen molar-refractivity contribution in [1.29, 1.82) is 0 Å². The summed E-state index contributed by atoms with van der Waals surface area (Å²) in [6.07, 6.45) is 6.47. The van der Waals surface area contributed by atoms with Crippen molar-refractivity contribution in [3.63, 3.8) is 0 Å². The molecule has 1 aliphatic carbocycles. The van der Waals surface area contributed by atoms with Gasteiger partial charge in [0.05, 0.1) is 22.5 Å². The quantitative estimate of drug-likeness (QED) is 0.368. The van der Waals surface area contributed by atoms with E-state index in [1.807, 2.05) is 38.1 Å². The fourth-order valence-electron chi connectivity index (χ4n) is 5.39. The predicted molar refractivity (Wildman–Crippen MR) is 147 cm³/mol. The second-order valence-electron chi connectivity index (χ2n) is 9.98. The van der Waals surface area contributed by atoms with Gasteiger partial charge >= 0.3 is 0 Å². The molecule has 1 saturated carbocycles. The van der Waals surface area contributed by atoms with Crippen LogP contribution in [0.3, 0.4) is 0 Å². The average molecular weight is 565 g/mol. The smallest absolute Gasteiger partial charge is 0.243 e. The predicted octanol–water partition coefficient (Wildman–Crippen LogP) is 4.80. The zero-order valence-corrected chi connectivity index (χ0v) is 24.1. The van der Waals surface area contributed by atoms with E-state index >= 15 is 0 Å². The van der Waals surface area contributed by atoms with Gasteiger partial charge in [-0.25, -0.2) is 16.8 Å². The van der Waals surface area contributed by atoms with Crippen molar-refractivity contribution in [2.45, 2.75) is 87.3 Å². The van der Waals surface area contributed by atoms with Gasteiger partial charge in [-0.05, 0) is 74.6 Å². The lowest BCUT2D eigenvalue weighted by Gasteiger charge is -2.32. The highest BCUT2D eigenvalue weighted by Gasteiger charge is 2.33. The molecule has 0 amide bonds. The molecule has 1 saturated heterocycles. The fraction of sp³-hybridized carbons (Fsp3) is 0.571. The van der Waals surface area contributed by atoms with Crippen molar-refractivity contribution in [1.82, 2.24) is 8.61 Å². The Morgan fingerprint density at radius 2 is 1.45 bits per heavy atom. The number of nitrogens with zero attached hydrogens (tertiary/aromatic N) is 2. The minimum absolute atomic E-state index is 0.00169. The molecular weight excluding hydrogens is 524 g/mol. The topological polar surface area (TPSA) is 93.2 Å². The number of hydrogen-bond acceptors (Lipinski definition) is 6. The van der Waals surface area contributed by atoms with E-state index in [0.29, 0.717) is 19.8 Å². The van der Waals surface area contributed by atoms with Crippen LogP contribution in [-0.4, -0.2) is 63.9 Å². The average Bonchev–Trinajstić information content (AvgIpc) is 3.44. The Morgan fingerprint density at radius 3 is 2.00 bits per heavy atom. The summed E-state index contributed by atoms with van der Waals surface area (Å²) in [5, 5.41) is 0. The summed E-state index contributed by atoms with van der Waals surface area (Å²) in [5.74, 6) is 0.732. The minimum Gasteiger partial charge on any atom is -0.494 e. The van der Waals surface area contributed by atoms with Crippen LogP contribution in [0.1, 0.15) is 64.4 Å². The lowest BCUT2D eigenvalue weighted by atomic mass is 9.95. The van der Waals surface area contributed by atoms with Gasteiger partial charge in [0.2, 0.25) is 20.0 Å². The molecule has 1 unspecified atom stereocenters. The second kappa shape index (κ2) is 12.9. The van der Waals surface area contributed by atoms with Crippen molar-refractivity contribution in [3.8, 4) is 5.75 Å². The van der Waals surface area contributed by atoms with Gasteiger partial charge in [-0.15, -0.1) is 0 Å². The van der Waals surface area contributed by atoms with Gasteiger partial charge in [0.15, 0.2) is 0 Å². The lowest BCUT2D eigenvalue weighted by molar-refractivity contribution is 0.0926. The number of hydrogen-bond donors (Lipinski definition) is 0. The van der Waals surface area contributed by atoms with E-state index in [9.17, 15) is 16.8 Å². The van der Waals surface area contributed by atoms with Crippen LogP contribution in [0.5, 0.6) is 5.75 Å². The highest BCUT2D eigenvalue weighted by Crippen LogP contribution is 2.29. The molecule has 0 aromatic heterocycles. The molecule has 0 bridgehead atoms. The third-order valence-corrected chi connectivity index (χ3v) is 11.3. The van der Waals surface area contributed by atoms with E-state index in [1.165, 1.54) is 28.6 Å². The SMILES string of the molecule is CCOc1ccc(CN(CC2CCCO2)S(=O)(=O)c2ccc(S(=O)(=O)N(CC)C3CCCCC3)cc2)cc1. The highest BCUT2D eigenvalue weighted by molar-refractivity contribution is 7.89. The minimum atomic E-state index is -3.90. The summed E-state index contributed by atoms with van der Waals surface area (Å²) in [7, 11) is -7.62. The van der Waals surface area contributed by atoms with Gasteiger partial charge in [-0.3, -0.25) is 0 Å². The zero-order chi connectivity index (χ0) is 27.2. The fourth-order valence-corrected chi connectivity index (χ4v) is 8.54. The van der Waals surface area contributed by atoms with Crippen molar-refractivity contribution in [2.24, 2.45) is 0 Å². The monoisotopic (exact) mass is 564 g/mol. The Balaban J connectivity index is 1.57. The molecule has 2 fully saturated rings. The van der Waals surface area contributed by atoms with Gasteiger partial charge < -0.3 is 9.47 Å². The van der Waals surface area contributed by atoms with E-state index in [4.69, 9.17) is 9.47 Å². The third-order valence-electron chi connectivity index (χ3n) is 7.39. The van der Waals surface area contributed by atoms with Crippen LogP contribution in [0.4, 0.5) is 0 Å². The molecule has 2 aromatic carbocycles. The first-order chi connectivity index (χ1) is 18.3. The molecule has 38 heavy (non-hydrogen) atoms. The molecule has 2 aliphatic rings. The van der Waals surface area contributed by atoms with E-state index in [2.05, 4.69) is 0 Å². The normalized spacial score (nSPS) is 19.3. The number of rotatable bonds is 12. The first kappa shape index (κ1) is 29.0. The standard InChI is InChI=1S/C28H40N2O6S2/c1-3-30(24-9-6-5-7-10-24)38(33,34)28-18-16-27(17-19-28)37(31,32)29(22-26-11-8-20-36-26)21-23-12-14-25(15-13-23)35-4-2/h12-19,24,26H,3-11,20-22H2,1-2H3. The van der Waals surface area contributed by atoms with Gasteiger partial charge in [0.25, 0.3) is 0 Å². The Bertz CT molecular complexity index is 1240. The van der Waals surface area contributed by atoms with E-state index in [-0.39, 0.29) is 35.0 Å². The summed E-state index contributed by atoms with van der Waals surface area (Å²) in [6, 6.07) is 13.1. The molecule has 4 rings (SSSR count). The summed E-state index contributed by atoms with van der Waals surface area (Å²) >= 11 is 0. The van der Waals surface area contributed by atoms with Gasteiger partial charge in [-0.2, -0.15) is 8.61 Å². The molecule has 1 atom stereocenters. The van der Waals surface area contributed by atoms with Crippen LogP contribution in [0.25, 0.3) is 0 Å². The Hall–Kier alpha value is -1.98. The van der Waals surface area contributed by atoms with E-state index in [1.54, 1.807) is 4.31 Å². The lowest BCUT2D eigenvalue weighted by Crippen LogP contribution is -2.41. The molecule has 210 valence electrons. The Morgan fingerprint density at radius 1 is 0.816 bits per heavy atom. The van der Waals surface area contributed by atoms with Crippen molar-refractivity contribution < 1.29 is 26.3 Å². The van der Waals surface area contributed by atoms with Crippen LogP contribution < -0.4 is 4.74 Å². The molecule has 1 heterocycles. The van der Waals surface area contributed by atoms with Gasteiger partial charge in [0.1, 0.15) is 5.75 Å². The first-order valence-corrected chi connectivity index (χ1v) is 16.6. The van der Waals surface area contributed by atoms with Crippen molar-refractivity contribution >= 4 is 20.0 Å². The highest BCUT2D eigenvalue weighted by atomic mass is 32.2. The largest absolute Gasteiger partial charge is 0.494 e. The number of benzene rings is 2. The molecule has 8 nitrogen and oxygen atoms in total. The third kappa shape index (κ3) is 6.77. The van der Waals surface area contributed by atoms with E-state index < -0.39 is 20.0 Å².